The maximum Gasteiger partial charge on any atom is 0.247 e. The van der Waals surface area contributed by atoms with E-state index in [1.165, 1.54) is 24.3 Å². The lowest BCUT2D eigenvalue weighted by atomic mass is 10.3. The van der Waals surface area contributed by atoms with E-state index in [4.69, 9.17) is 0 Å². The number of nitrogens with one attached hydrogen (secondary N) is 2. The lowest BCUT2D eigenvalue weighted by Crippen LogP contribution is -2.31. The van der Waals surface area contributed by atoms with Crippen molar-refractivity contribution in [3.8, 4) is 0 Å². The summed E-state index contributed by atoms with van der Waals surface area (Å²) in [5, 5.41) is 2.55. The summed E-state index contributed by atoms with van der Waals surface area (Å²) in [6.07, 6.45) is 1.86. The van der Waals surface area contributed by atoms with Gasteiger partial charge in [-0.05, 0) is 43.7 Å². The minimum Gasteiger partial charge on any atom is -0.323 e. The molecular formula is C13H18N2O3S. The molecule has 0 bridgehead atoms. The summed E-state index contributed by atoms with van der Waals surface area (Å²) in [5.74, 6) is -0.340. The summed E-state index contributed by atoms with van der Waals surface area (Å²) in [4.78, 5) is 11.3. The average Bonchev–Trinajstić information content (AvgIpc) is 2.38. The highest BCUT2D eigenvalue weighted by atomic mass is 32.2. The molecule has 104 valence electrons. The molecule has 19 heavy (non-hydrogen) atoms. The predicted octanol–water partition coefficient (Wildman–Crippen LogP) is 1.89. The van der Waals surface area contributed by atoms with Gasteiger partial charge in [0.05, 0.1) is 4.90 Å². The van der Waals surface area contributed by atoms with Gasteiger partial charge in [-0.25, -0.2) is 13.1 Å². The van der Waals surface area contributed by atoms with Crippen molar-refractivity contribution in [2.75, 3.05) is 5.32 Å². The number of anilines is 1. The Morgan fingerprint density at radius 1 is 1.37 bits per heavy atom. The Hall–Kier alpha value is -1.66. The number of benzene rings is 1. The first-order valence-electron chi connectivity index (χ1n) is 5.95. The molecular weight excluding hydrogens is 264 g/mol. The molecule has 6 heteroatoms. The number of rotatable bonds is 6. The van der Waals surface area contributed by atoms with Crippen molar-refractivity contribution in [1.29, 1.82) is 0 Å². The van der Waals surface area contributed by atoms with E-state index in [2.05, 4.69) is 16.6 Å². The zero-order valence-corrected chi connectivity index (χ0v) is 11.8. The Bertz CT molecular complexity index is 550. The second-order valence-corrected chi connectivity index (χ2v) is 5.86. The normalized spacial score (nSPS) is 12.7. The van der Waals surface area contributed by atoms with Crippen LogP contribution >= 0.6 is 0 Å². The summed E-state index contributed by atoms with van der Waals surface area (Å²) in [5.41, 5.74) is 0.521. The first-order valence-corrected chi connectivity index (χ1v) is 7.43. The molecule has 0 saturated carbocycles. The van der Waals surface area contributed by atoms with Crippen LogP contribution in [0.2, 0.25) is 0 Å². The Morgan fingerprint density at radius 3 is 2.42 bits per heavy atom. The quantitative estimate of drug-likeness (QED) is 0.782. The van der Waals surface area contributed by atoms with Crippen LogP contribution in [0.5, 0.6) is 0 Å². The fourth-order valence-corrected chi connectivity index (χ4v) is 2.65. The Morgan fingerprint density at radius 2 is 1.95 bits per heavy atom. The molecule has 0 radical (unpaired) electrons. The zero-order valence-electron chi connectivity index (χ0n) is 11.0. The fraction of sp³-hybridized carbons (Fsp3) is 0.308. The minimum atomic E-state index is -3.51. The lowest BCUT2D eigenvalue weighted by Gasteiger charge is -2.12. The standard InChI is InChI=1S/C13H18N2O3S/c1-4-10(3)15-19(17,18)12-8-6-11(7-9-12)14-13(16)5-2/h5-10,15H,2,4H2,1,3H3,(H,14,16). The molecule has 5 nitrogen and oxygen atoms in total. The third-order valence-corrected chi connectivity index (χ3v) is 4.19. The number of hydrogen-bond acceptors (Lipinski definition) is 3. The molecule has 0 saturated heterocycles. The van der Waals surface area contributed by atoms with Crippen molar-refractivity contribution in [3.05, 3.63) is 36.9 Å². The molecule has 1 aromatic rings. The van der Waals surface area contributed by atoms with E-state index in [1.54, 1.807) is 6.92 Å². The second-order valence-electron chi connectivity index (χ2n) is 4.15. The monoisotopic (exact) mass is 282 g/mol. The van der Waals surface area contributed by atoms with Crippen LogP contribution in [0.1, 0.15) is 20.3 Å². The van der Waals surface area contributed by atoms with E-state index in [9.17, 15) is 13.2 Å². The van der Waals surface area contributed by atoms with E-state index in [1.807, 2.05) is 6.92 Å². The largest absolute Gasteiger partial charge is 0.323 e. The van der Waals surface area contributed by atoms with Gasteiger partial charge in [-0.1, -0.05) is 13.5 Å². The van der Waals surface area contributed by atoms with Gasteiger partial charge in [0.2, 0.25) is 15.9 Å². The maximum absolute atomic E-state index is 12.0. The molecule has 1 atom stereocenters. The van der Waals surface area contributed by atoms with Crippen molar-refractivity contribution in [2.45, 2.75) is 31.2 Å². The first-order chi connectivity index (χ1) is 8.89. The van der Waals surface area contributed by atoms with Crippen molar-refractivity contribution in [3.63, 3.8) is 0 Å². The fourth-order valence-electron chi connectivity index (χ4n) is 1.33. The van der Waals surface area contributed by atoms with Crippen LogP contribution < -0.4 is 10.0 Å². The molecule has 1 aromatic carbocycles. The molecule has 2 N–H and O–H groups in total. The Labute approximate surface area is 113 Å². The maximum atomic E-state index is 12.0. The number of carbonyl (C=O) groups excluding carboxylic acids is 1. The van der Waals surface area contributed by atoms with Gasteiger partial charge in [0.15, 0.2) is 0 Å². The third kappa shape index (κ3) is 4.50. The van der Waals surface area contributed by atoms with E-state index >= 15 is 0 Å². The molecule has 0 fully saturated rings. The van der Waals surface area contributed by atoms with E-state index in [-0.39, 0.29) is 16.8 Å². The smallest absolute Gasteiger partial charge is 0.247 e. The summed E-state index contributed by atoms with van der Waals surface area (Å²) in [6, 6.07) is 5.84. The van der Waals surface area contributed by atoms with Crippen molar-refractivity contribution >= 4 is 21.6 Å². The number of sulfonamides is 1. The zero-order chi connectivity index (χ0) is 14.5. The molecule has 0 aromatic heterocycles. The van der Waals surface area contributed by atoms with Crippen LogP contribution in [-0.2, 0) is 14.8 Å². The van der Waals surface area contributed by atoms with Gasteiger partial charge < -0.3 is 5.32 Å². The highest BCUT2D eigenvalue weighted by Gasteiger charge is 2.16. The minimum absolute atomic E-state index is 0.120. The van der Waals surface area contributed by atoms with Gasteiger partial charge in [-0.15, -0.1) is 0 Å². The SMILES string of the molecule is C=CC(=O)Nc1ccc(S(=O)(=O)NC(C)CC)cc1. The molecule has 0 aliphatic carbocycles. The average molecular weight is 282 g/mol. The van der Waals surface area contributed by atoms with Gasteiger partial charge in [-0.2, -0.15) is 0 Å². The van der Waals surface area contributed by atoms with Crippen LogP contribution in [0.25, 0.3) is 0 Å². The lowest BCUT2D eigenvalue weighted by molar-refractivity contribution is -0.111. The van der Waals surface area contributed by atoms with Gasteiger partial charge in [-0.3, -0.25) is 4.79 Å². The topological polar surface area (TPSA) is 75.3 Å². The Balaban J connectivity index is 2.86. The number of hydrogen-bond donors (Lipinski definition) is 2. The predicted molar refractivity (Wildman–Crippen MR) is 75.3 cm³/mol. The molecule has 1 unspecified atom stereocenters. The van der Waals surface area contributed by atoms with Crippen LogP contribution in [0.15, 0.2) is 41.8 Å². The second kappa shape index (κ2) is 6.49. The third-order valence-electron chi connectivity index (χ3n) is 2.59. The molecule has 0 heterocycles. The van der Waals surface area contributed by atoms with Crippen molar-refractivity contribution in [2.24, 2.45) is 0 Å². The van der Waals surface area contributed by atoms with Crippen LogP contribution in [0.3, 0.4) is 0 Å². The molecule has 0 aliphatic heterocycles. The van der Waals surface area contributed by atoms with E-state index < -0.39 is 10.0 Å². The van der Waals surface area contributed by atoms with Crippen LogP contribution in [0, 0.1) is 0 Å². The highest BCUT2D eigenvalue weighted by molar-refractivity contribution is 7.89. The number of carbonyl (C=O) groups is 1. The summed E-state index contributed by atoms with van der Waals surface area (Å²) in [7, 11) is -3.51. The number of amides is 1. The van der Waals surface area contributed by atoms with Gasteiger partial charge in [0.25, 0.3) is 0 Å². The Kier molecular flexibility index (Phi) is 5.26. The van der Waals surface area contributed by atoms with E-state index in [0.29, 0.717) is 12.1 Å². The first kappa shape index (κ1) is 15.4. The van der Waals surface area contributed by atoms with Gasteiger partial charge in [0.1, 0.15) is 0 Å². The van der Waals surface area contributed by atoms with Gasteiger partial charge in [0, 0.05) is 11.7 Å². The van der Waals surface area contributed by atoms with Crippen LogP contribution in [0.4, 0.5) is 5.69 Å². The summed E-state index contributed by atoms with van der Waals surface area (Å²) in [6.45, 7) is 7.04. The van der Waals surface area contributed by atoms with Crippen molar-refractivity contribution in [1.82, 2.24) is 4.72 Å². The highest BCUT2D eigenvalue weighted by Crippen LogP contribution is 2.14. The van der Waals surface area contributed by atoms with Crippen LogP contribution in [-0.4, -0.2) is 20.4 Å². The molecule has 0 spiro atoms. The molecule has 1 rings (SSSR count). The van der Waals surface area contributed by atoms with E-state index in [0.717, 1.165) is 6.08 Å². The summed E-state index contributed by atoms with van der Waals surface area (Å²) >= 11 is 0. The molecule has 1 amide bonds. The van der Waals surface area contributed by atoms with Crippen molar-refractivity contribution < 1.29 is 13.2 Å². The summed E-state index contributed by atoms with van der Waals surface area (Å²) < 4.78 is 26.5. The van der Waals surface area contributed by atoms with Gasteiger partial charge >= 0.3 is 0 Å². The molecule has 0 aliphatic rings.